The van der Waals surface area contributed by atoms with Crippen LogP contribution >= 0.6 is 0 Å². The van der Waals surface area contributed by atoms with Gasteiger partial charge in [-0.25, -0.2) is 0 Å². The zero-order valence-corrected chi connectivity index (χ0v) is 14.9. The van der Waals surface area contributed by atoms with Crippen LogP contribution in [0.2, 0.25) is 0 Å². The van der Waals surface area contributed by atoms with Gasteiger partial charge in [-0.05, 0) is 61.2 Å². The molecule has 1 fully saturated rings. The van der Waals surface area contributed by atoms with Crippen molar-refractivity contribution in [3.63, 3.8) is 0 Å². The van der Waals surface area contributed by atoms with Crippen molar-refractivity contribution in [1.29, 1.82) is 0 Å². The molecule has 2 amide bonds. The van der Waals surface area contributed by atoms with Gasteiger partial charge in [0.2, 0.25) is 11.8 Å². The molecule has 0 aromatic heterocycles. The van der Waals surface area contributed by atoms with Gasteiger partial charge >= 0.3 is 0 Å². The quantitative estimate of drug-likeness (QED) is 0.804. The van der Waals surface area contributed by atoms with E-state index in [9.17, 15) is 9.59 Å². The highest BCUT2D eigenvalue weighted by atomic mass is 16.2. The summed E-state index contributed by atoms with van der Waals surface area (Å²) < 4.78 is 0. The summed E-state index contributed by atoms with van der Waals surface area (Å²) in [5.74, 6) is -0.273. The second kappa shape index (κ2) is 8.63. The maximum absolute atomic E-state index is 12.1. The zero-order valence-electron chi connectivity index (χ0n) is 14.9. The number of hydrogen-bond acceptors (Lipinski definition) is 3. The average Bonchev–Trinajstić information content (AvgIpc) is 3.11. The molecule has 1 heterocycles. The normalized spacial score (nSPS) is 14.3. The minimum absolute atomic E-state index is 0.0460. The number of nitrogens with zero attached hydrogens (tertiary/aromatic N) is 1. The van der Waals surface area contributed by atoms with E-state index in [0.717, 1.165) is 30.8 Å². The van der Waals surface area contributed by atoms with Gasteiger partial charge < -0.3 is 11.1 Å². The Hall–Kier alpha value is -2.66. The highest BCUT2D eigenvalue weighted by Crippen LogP contribution is 2.15. The molecule has 0 spiro atoms. The minimum Gasteiger partial charge on any atom is -0.369 e. The Balaban J connectivity index is 1.52. The molecule has 26 heavy (non-hydrogen) atoms. The van der Waals surface area contributed by atoms with E-state index in [1.54, 1.807) is 0 Å². The van der Waals surface area contributed by atoms with E-state index in [1.807, 2.05) is 48.5 Å². The zero-order chi connectivity index (χ0) is 18.4. The van der Waals surface area contributed by atoms with Crippen LogP contribution in [0.4, 0.5) is 5.69 Å². The van der Waals surface area contributed by atoms with Crippen LogP contribution in [-0.4, -0.2) is 36.3 Å². The molecule has 1 aliphatic rings. The fraction of sp³-hybridized carbons (Fsp3) is 0.333. The van der Waals surface area contributed by atoms with E-state index in [0.29, 0.717) is 6.54 Å². The number of rotatable bonds is 7. The van der Waals surface area contributed by atoms with Gasteiger partial charge in [-0.1, -0.05) is 36.4 Å². The SMILES string of the molecule is NC(=O)Cc1ccc(Cc2ccc(NC(=O)CN3CCCC3)cc2)cc1. The summed E-state index contributed by atoms with van der Waals surface area (Å²) in [6.45, 7) is 2.51. The first-order valence-corrected chi connectivity index (χ1v) is 9.06. The largest absolute Gasteiger partial charge is 0.369 e. The summed E-state index contributed by atoms with van der Waals surface area (Å²) in [6.07, 6.45) is 3.45. The molecule has 1 saturated heterocycles. The van der Waals surface area contributed by atoms with Crippen LogP contribution in [0.15, 0.2) is 48.5 Å². The third-order valence-corrected chi connectivity index (χ3v) is 4.61. The fourth-order valence-corrected chi connectivity index (χ4v) is 3.26. The Morgan fingerprint density at radius 3 is 2.00 bits per heavy atom. The third kappa shape index (κ3) is 5.43. The monoisotopic (exact) mass is 351 g/mol. The molecule has 0 radical (unpaired) electrons. The summed E-state index contributed by atoms with van der Waals surface area (Å²) >= 11 is 0. The maximum Gasteiger partial charge on any atom is 0.238 e. The van der Waals surface area contributed by atoms with Crippen LogP contribution in [0.5, 0.6) is 0 Å². The molecule has 2 aromatic carbocycles. The molecular weight excluding hydrogens is 326 g/mol. The predicted molar refractivity (Wildman–Crippen MR) is 103 cm³/mol. The number of primary amides is 1. The first kappa shape index (κ1) is 18.1. The van der Waals surface area contributed by atoms with Crippen molar-refractivity contribution >= 4 is 17.5 Å². The lowest BCUT2D eigenvalue weighted by molar-refractivity contribution is -0.118. The van der Waals surface area contributed by atoms with E-state index < -0.39 is 0 Å². The first-order valence-electron chi connectivity index (χ1n) is 9.06. The summed E-state index contributed by atoms with van der Waals surface area (Å²) in [6, 6.07) is 15.9. The highest BCUT2D eigenvalue weighted by molar-refractivity contribution is 5.92. The van der Waals surface area contributed by atoms with Gasteiger partial charge in [-0.3, -0.25) is 14.5 Å². The van der Waals surface area contributed by atoms with Crippen LogP contribution in [0, 0.1) is 0 Å². The van der Waals surface area contributed by atoms with E-state index >= 15 is 0 Å². The van der Waals surface area contributed by atoms with Gasteiger partial charge in [0, 0.05) is 5.69 Å². The smallest absolute Gasteiger partial charge is 0.238 e. The summed E-state index contributed by atoms with van der Waals surface area (Å²) in [4.78, 5) is 25.2. The van der Waals surface area contributed by atoms with Crippen molar-refractivity contribution in [3.8, 4) is 0 Å². The molecule has 3 rings (SSSR count). The second-order valence-electron chi connectivity index (χ2n) is 6.86. The number of likely N-dealkylation sites (tertiary alicyclic amines) is 1. The molecule has 2 aromatic rings. The molecule has 1 aliphatic heterocycles. The van der Waals surface area contributed by atoms with Gasteiger partial charge in [-0.15, -0.1) is 0 Å². The number of carbonyl (C=O) groups is 2. The topological polar surface area (TPSA) is 75.4 Å². The molecule has 0 atom stereocenters. The molecule has 0 aliphatic carbocycles. The Bertz CT molecular complexity index is 748. The summed E-state index contributed by atoms with van der Waals surface area (Å²) in [5.41, 5.74) is 9.31. The lowest BCUT2D eigenvalue weighted by Gasteiger charge is -2.14. The molecule has 5 heteroatoms. The summed E-state index contributed by atoms with van der Waals surface area (Å²) in [5, 5.41) is 2.96. The molecule has 136 valence electrons. The van der Waals surface area contributed by atoms with Crippen molar-refractivity contribution in [2.75, 3.05) is 25.0 Å². The number of anilines is 1. The van der Waals surface area contributed by atoms with Gasteiger partial charge in [0.1, 0.15) is 0 Å². The molecule has 5 nitrogen and oxygen atoms in total. The van der Waals surface area contributed by atoms with Crippen LogP contribution in [0.3, 0.4) is 0 Å². The molecule has 3 N–H and O–H groups in total. The van der Waals surface area contributed by atoms with Crippen LogP contribution in [-0.2, 0) is 22.4 Å². The Labute approximate surface area is 154 Å². The lowest BCUT2D eigenvalue weighted by Crippen LogP contribution is -2.30. The Morgan fingerprint density at radius 2 is 1.42 bits per heavy atom. The van der Waals surface area contributed by atoms with Crippen LogP contribution in [0.25, 0.3) is 0 Å². The third-order valence-electron chi connectivity index (χ3n) is 4.61. The molecule has 0 bridgehead atoms. The standard InChI is InChI=1S/C21H25N3O2/c22-20(25)14-18-5-3-16(4-6-18)13-17-7-9-19(10-8-17)23-21(26)15-24-11-1-2-12-24/h3-10H,1-2,11-15H2,(H2,22,25)(H,23,26). The van der Waals surface area contributed by atoms with E-state index in [4.69, 9.17) is 5.73 Å². The summed E-state index contributed by atoms with van der Waals surface area (Å²) in [7, 11) is 0. The van der Waals surface area contributed by atoms with Crippen molar-refractivity contribution in [2.45, 2.75) is 25.7 Å². The number of nitrogens with one attached hydrogen (secondary N) is 1. The van der Waals surface area contributed by atoms with E-state index in [-0.39, 0.29) is 18.2 Å². The van der Waals surface area contributed by atoms with Crippen LogP contribution in [0.1, 0.15) is 29.5 Å². The first-order chi connectivity index (χ1) is 12.6. The highest BCUT2D eigenvalue weighted by Gasteiger charge is 2.14. The van der Waals surface area contributed by atoms with Crippen LogP contribution < -0.4 is 11.1 Å². The molecular formula is C21H25N3O2. The fourth-order valence-electron chi connectivity index (χ4n) is 3.26. The van der Waals surface area contributed by atoms with Gasteiger partial charge in [0.25, 0.3) is 0 Å². The molecule has 0 saturated carbocycles. The van der Waals surface area contributed by atoms with Gasteiger partial charge in [-0.2, -0.15) is 0 Å². The number of amides is 2. The average molecular weight is 351 g/mol. The van der Waals surface area contributed by atoms with E-state index in [1.165, 1.54) is 24.0 Å². The number of hydrogen-bond donors (Lipinski definition) is 2. The number of benzene rings is 2. The number of nitrogens with two attached hydrogens (primary N) is 1. The Morgan fingerprint density at radius 1 is 0.885 bits per heavy atom. The van der Waals surface area contributed by atoms with Crippen molar-refractivity contribution in [3.05, 3.63) is 65.2 Å². The van der Waals surface area contributed by atoms with Crippen molar-refractivity contribution in [2.24, 2.45) is 5.73 Å². The minimum atomic E-state index is -0.319. The van der Waals surface area contributed by atoms with Crippen molar-refractivity contribution in [1.82, 2.24) is 4.90 Å². The van der Waals surface area contributed by atoms with E-state index in [2.05, 4.69) is 10.2 Å². The lowest BCUT2D eigenvalue weighted by atomic mass is 10.0. The van der Waals surface area contributed by atoms with Gasteiger partial charge in [0.15, 0.2) is 0 Å². The second-order valence-corrected chi connectivity index (χ2v) is 6.86. The Kier molecular flexibility index (Phi) is 6.02. The van der Waals surface area contributed by atoms with Crippen molar-refractivity contribution < 1.29 is 9.59 Å². The van der Waals surface area contributed by atoms with Gasteiger partial charge in [0.05, 0.1) is 13.0 Å². The predicted octanol–water partition coefficient (Wildman–Crippen LogP) is 2.34. The maximum atomic E-state index is 12.1. The molecule has 0 unspecified atom stereocenters. The number of carbonyl (C=O) groups excluding carboxylic acids is 2.